The first-order chi connectivity index (χ1) is 12.7. The van der Waals surface area contributed by atoms with Crippen molar-refractivity contribution in [3.8, 4) is 5.75 Å². The summed E-state index contributed by atoms with van der Waals surface area (Å²) in [7, 11) is 0. The molecule has 5 nitrogen and oxygen atoms in total. The number of aryl methyl sites for hydroxylation is 2. The number of rotatable bonds is 6. The highest BCUT2D eigenvalue weighted by Crippen LogP contribution is 2.26. The smallest absolute Gasteiger partial charge is 0.265 e. The van der Waals surface area contributed by atoms with Crippen LogP contribution in [-0.2, 0) is 4.79 Å². The second-order valence-electron chi connectivity index (χ2n) is 6.79. The molecule has 2 aromatic rings. The normalized spacial score (nSPS) is 11.8. The van der Waals surface area contributed by atoms with Crippen LogP contribution in [-0.4, -0.2) is 24.0 Å². The van der Waals surface area contributed by atoms with Crippen LogP contribution in [0.5, 0.6) is 5.75 Å². The van der Waals surface area contributed by atoms with Crippen LogP contribution < -0.4 is 15.4 Å². The van der Waals surface area contributed by atoms with E-state index in [2.05, 4.69) is 10.6 Å². The topological polar surface area (TPSA) is 67.4 Å². The zero-order valence-electron chi connectivity index (χ0n) is 16.2. The van der Waals surface area contributed by atoms with Gasteiger partial charge in [-0.05, 0) is 70.0 Å². The molecule has 0 unspecified atom stereocenters. The highest BCUT2D eigenvalue weighted by atomic mass is 35.5. The fraction of sp³-hybridized carbons (Fsp3) is 0.333. The standard InChI is InChI=1S/C21H25ClN2O3/c1-12(2)23-21(26)17-8-6-7-9-18(17)24-20(25)15(5)27-16-10-13(3)19(22)14(4)11-16/h6-12,15H,1-5H3,(H,23,26)(H,24,25)/t15-/m1/s1. The number of benzene rings is 2. The Morgan fingerprint density at radius 1 is 1.04 bits per heavy atom. The number of hydrogen-bond donors (Lipinski definition) is 2. The lowest BCUT2D eigenvalue weighted by molar-refractivity contribution is -0.122. The molecule has 0 aliphatic heterocycles. The molecule has 144 valence electrons. The Morgan fingerprint density at radius 3 is 2.22 bits per heavy atom. The Morgan fingerprint density at radius 2 is 1.63 bits per heavy atom. The summed E-state index contributed by atoms with van der Waals surface area (Å²) in [6.45, 7) is 9.19. The van der Waals surface area contributed by atoms with Gasteiger partial charge in [0.1, 0.15) is 5.75 Å². The molecule has 0 radical (unpaired) electrons. The van der Waals surface area contributed by atoms with E-state index < -0.39 is 6.10 Å². The van der Waals surface area contributed by atoms with Crippen molar-refractivity contribution in [2.45, 2.75) is 46.8 Å². The average Bonchev–Trinajstić information content (AvgIpc) is 2.59. The predicted molar refractivity (Wildman–Crippen MR) is 109 cm³/mol. The minimum atomic E-state index is -0.744. The number of nitrogens with one attached hydrogen (secondary N) is 2. The maximum atomic E-state index is 12.6. The quantitative estimate of drug-likeness (QED) is 0.765. The van der Waals surface area contributed by atoms with Gasteiger partial charge in [-0.1, -0.05) is 23.7 Å². The van der Waals surface area contributed by atoms with Crippen LogP contribution in [0.2, 0.25) is 5.02 Å². The number of para-hydroxylation sites is 1. The number of carbonyl (C=O) groups is 2. The van der Waals surface area contributed by atoms with E-state index in [-0.39, 0.29) is 17.9 Å². The van der Waals surface area contributed by atoms with Gasteiger partial charge in [-0.25, -0.2) is 0 Å². The summed E-state index contributed by atoms with van der Waals surface area (Å²) in [6.07, 6.45) is -0.744. The van der Waals surface area contributed by atoms with Crippen molar-refractivity contribution < 1.29 is 14.3 Å². The lowest BCUT2D eigenvalue weighted by Crippen LogP contribution is -2.33. The molecule has 0 aliphatic carbocycles. The number of amides is 2. The summed E-state index contributed by atoms with van der Waals surface area (Å²) in [5.41, 5.74) is 2.62. The molecule has 0 spiro atoms. The van der Waals surface area contributed by atoms with Crippen LogP contribution in [0.1, 0.15) is 42.3 Å². The lowest BCUT2D eigenvalue weighted by atomic mass is 10.1. The van der Waals surface area contributed by atoms with Gasteiger partial charge in [0.2, 0.25) is 0 Å². The molecule has 2 rings (SSSR count). The SMILES string of the molecule is Cc1cc(O[C@H](C)C(=O)Nc2ccccc2C(=O)NC(C)C)cc(C)c1Cl. The van der Waals surface area contributed by atoms with E-state index in [1.165, 1.54) is 0 Å². The van der Waals surface area contributed by atoms with Crippen molar-refractivity contribution in [2.75, 3.05) is 5.32 Å². The Hall–Kier alpha value is -2.53. The summed E-state index contributed by atoms with van der Waals surface area (Å²) in [6, 6.07) is 10.5. The first-order valence-corrected chi connectivity index (χ1v) is 9.21. The van der Waals surface area contributed by atoms with E-state index in [0.717, 1.165) is 11.1 Å². The maximum absolute atomic E-state index is 12.6. The van der Waals surface area contributed by atoms with E-state index in [4.69, 9.17) is 16.3 Å². The van der Waals surface area contributed by atoms with Crippen LogP contribution in [0, 0.1) is 13.8 Å². The van der Waals surface area contributed by atoms with Crippen LogP contribution in [0.25, 0.3) is 0 Å². The second kappa shape index (κ2) is 8.91. The largest absolute Gasteiger partial charge is 0.481 e. The number of hydrogen-bond acceptors (Lipinski definition) is 3. The van der Waals surface area contributed by atoms with E-state index in [9.17, 15) is 9.59 Å². The highest BCUT2D eigenvalue weighted by Gasteiger charge is 2.19. The summed E-state index contributed by atoms with van der Waals surface area (Å²) in [4.78, 5) is 24.9. The zero-order chi connectivity index (χ0) is 20.1. The van der Waals surface area contributed by atoms with Crippen LogP contribution in [0.15, 0.2) is 36.4 Å². The molecular formula is C21H25ClN2O3. The van der Waals surface area contributed by atoms with Gasteiger partial charge in [0, 0.05) is 11.1 Å². The molecule has 0 aromatic heterocycles. The molecular weight excluding hydrogens is 364 g/mol. The number of anilines is 1. The lowest BCUT2D eigenvalue weighted by Gasteiger charge is -2.18. The Bertz CT molecular complexity index is 826. The van der Waals surface area contributed by atoms with Gasteiger partial charge in [-0.3, -0.25) is 9.59 Å². The van der Waals surface area contributed by atoms with Crippen LogP contribution >= 0.6 is 11.6 Å². The molecule has 0 aliphatic rings. The van der Waals surface area contributed by atoms with Gasteiger partial charge < -0.3 is 15.4 Å². The van der Waals surface area contributed by atoms with Gasteiger partial charge in [0.25, 0.3) is 11.8 Å². The molecule has 0 saturated carbocycles. The first-order valence-electron chi connectivity index (χ1n) is 8.83. The Balaban J connectivity index is 2.12. The van der Waals surface area contributed by atoms with Gasteiger partial charge in [-0.15, -0.1) is 0 Å². The second-order valence-corrected chi connectivity index (χ2v) is 7.17. The van der Waals surface area contributed by atoms with E-state index >= 15 is 0 Å². The summed E-state index contributed by atoms with van der Waals surface area (Å²) in [5, 5.41) is 6.28. The minimum Gasteiger partial charge on any atom is -0.481 e. The molecule has 1 atom stereocenters. The molecule has 2 aromatic carbocycles. The predicted octanol–water partition coefficient (Wildman–Crippen LogP) is 4.50. The molecule has 6 heteroatoms. The molecule has 2 amide bonds. The molecule has 0 heterocycles. The maximum Gasteiger partial charge on any atom is 0.265 e. The van der Waals surface area contributed by atoms with Crippen molar-refractivity contribution in [2.24, 2.45) is 0 Å². The molecule has 0 saturated heterocycles. The third-order valence-corrected chi connectivity index (χ3v) is 4.54. The first kappa shape index (κ1) is 20.8. The van der Waals surface area contributed by atoms with Crippen molar-refractivity contribution >= 4 is 29.1 Å². The van der Waals surface area contributed by atoms with Crippen molar-refractivity contribution in [3.05, 3.63) is 58.1 Å². The Labute approximate surface area is 165 Å². The molecule has 0 fully saturated rings. The van der Waals surface area contributed by atoms with Crippen molar-refractivity contribution in [3.63, 3.8) is 0 Å². The third kappa shape index (κ3) is 5.47. The van der Waals surface area contributed by atoms with Crippen molar-refractivity contribution in [1.29, 1.82) is 0 Å². The molecule has 27 heavy (non-hydrogen) atoms. The third-order valence-electron chi connectivity index (χ3n) is 3.94. The van der Waals surface area contributed by atoms with E-state index in [0.29, 0.717) is 22.0 Å². The summed E-state index contributed by atoms with van der Waals surface area (Å²) < 4.78 is 5.76. The highest BCUT2D eigenvalue weighted by molar-refractivity contribution is 6.32. The van der Waals surface area contributed by atoms with Gasteiger partial charge in [0.05, 0.1) is 11.3 Å². The van der Waals surface area contributed by atoms with E-state index in [1.54, 1.807) is 43.3 Å². The zero-order valence-corrected chi connectivity index (χ0v) is 17.0. The number of ether oxygens (including phenoxy) is 1. The molecule has 2 N–H and O–H groups in total. The van der Waals surface area contributed by atoms with Gasteiger partial charge >= 0.3 is 0 Å². The van der Waals surface area contributed by atoms with Gasteiger partial charge in [0.15, 0.2) is 6.10 Å². The number of halogens is 1. The minimum absolute atomic E-state index is 0.0000939. The van der Waals surface area contributed by atoms with Gasteiger partial charge in [-0.2, -0.15) is 0 Å². The summed E-state index contributed by atoms with van der Waals surface area (Å²) >= 11 is 6.17. The Kier molecular flexibility index (Phi) is 6.86. The monoisotopic (exact) mass is 388 g/mol. The van der Waals surface area contributed by atoms with E-state index in [1.807, 2.05) is 27.7 Å². The fourth-order valence-electron chi connectivity index (χ4n) is 2.60. The fourth-order valence-corrected chi connectivity index (χ4v) is 2.71. The van der Waals surface area contributed by atoms with Crippen LogP contribution in [0.3, 0.4) is 0 Å². The van der Waals surface area contributed by atoms with Crippen molar-refractivity contribution in [1.82, 2.24) is 5.32 Å². The number of carbonyl (C=O) groups excluding carboxylic acids is 2. The summed E-state index contributed by atoms with van der Waals surface area (Å²) in [5.74, 6) is -0.00800. The average molecular weight is 389 g/mol. The molecule has 0 bridgehead atoms. The van der Waals surface area contributed by atoms with Crippen LogP contribution in [0.4, 0.5) is 5.69 Å².